The Labute approximate surface area is 111 Å². The zero-order chi connectivity index (χ0) is 14.3. The third-order valence-corrected chi connectivity index (χ3v) is 4.06. The van der Waals surface area contributed by atoms with Gasteiger partial charge in [0, 0.05) is 19.9 Å². The summed E-state index contributed by atoms with van der Waals surface area (Å²) in [5.74, 6) is -0.342. The van der Waals surface area contributed by atoms with Crippen molar-refractivity contribution in [2.45, 2.75) is 23.8 Å². The predicted molar refractivity (Wildman–Crippen MR) is 68.1 cm³/mol. The molecule has 1 aliphatic heterocycles. The van der Waals surface area contributed by atoms with Crippen molar-refractivity contribution < 1.29 is 17.9 Å². The van der Waals surface area contributed by atoms with Crippen LogP contribution in [0.2, 0.25) is 0 Å². The molecule has 1 aromatic heterocycles. The quantitative estimate of drug-likeness (QED) is 0.788. The number of ether oxygens (including phenoxy) is 1. The van der Waals surface area contributed by atoms with E-state index in [0.29, 0.717) is 13.2 Å². The number of carbonyl (C=O) groups is 1. The van der Waals surface area contributed by atoms with Crippen LogP contribution in [0.4, 0.5) is 0 Å². The van der Waals surface area contributed by atoms with E-state index in [0.717, 1.165) is 6.42 Å². The van der Waals surface area contributed by atoms with Crippen molar-refractivity contribution in [1.82, 2.24) is 9.88 Å². The van der Waals surface area contributed by atoms with E-state index < -0.39 is 15.6 Å². The number of aryl methyl sites for hydroxylation is 1. The van der Waals surface area contributed by atoms with Gasteiger partial charge in [-0.15, -0.1) is 0 Å². The van der Waals surface area contributed by atoms with E-state index in [4.69, 9.17) is 9.88 Å². The molecule has 2 heterocycles. The van der Waals surface area contributed by atoms with Gasteiger partial charge in [-0.2, -0.15) is 0 Å². The molecule has 1 saturated heterocycles. The van der Waals surface area contributed by atoms with E-state index >= 15 is 0 Å². The predicted octanol–water partition coefficient (Wildman–Crippen LogP) is -0.419. The fourth-order valence-corrected chi connectivity index (χ4v) is 2.60. The number of amides is 1. The average molecular weight is 287 g/mol. The Kier molecular flexibility index (Phi) is 3.41. The lowest BCUT2D eigenvalue weighted by Gasteiger charge is -2.23. The third-order valence-electron chi connectivity index (χ3n) is 3.18. The highest BCUT2D eigenvalue weighted by Gasteiger charge is 2.32. The van der Waals surface area contributed by atoms with Gasteiger partial charge in [-0.25, -0.2) is 13.6 Å². The van der Waals surface area contributed by atoms with Crippen molar-refractivity contribution in [2.24, 2.45) is 12.2 Å². The molecule has 1 unspecified atom stereocenters. The molecular formula is C11H17N3O4S. The molecule has 0 spiro atoms. The first-order valence-electron chi connectivity index (χ1n) is 5.81. The molecule has 19 heavy (non-hydrogen) atoms. The summed E-state index contributed by atoms with van der Waals surface area (Å²) in [6.45, 7) is 2.94. The first-order chi connectivity index (χ1) is 8.71. The van der Waals surface area contributed by atoms with Gasteiger partial charge >= 0.3 is 0 Å². The van der Waals surface area contributed by atoms with Crippen molar-refractivity contribution in [3.8, 4) is 0 Å². The lowest BCUT2D eigenvalue weighted by Crippen LogP contribution is -2.46. The molecule has 2 rings (SSSR count). The second-order valence-electron chi connectivity index (χ2n) is 5.03. The number of rotatable bonds is 3. The first-order valence-corrected chi connectivity index (χ1v) is 7.35. The molecule has 0 aromatic carbocycles. The van der Waals surface area contributed by atoms with Crippen molar-refractivity contribution in [1.29, 1.82) is 0 Å². The van der Waals surface area contributed by atoms with Crippen LogP contribution in [0.25, 0.3) is 0 Å². The van der Waals surface area contributed by atoms with Gasteiger partial charge in [0.05, 0.1) is 12.1 Å². The minimum atomic E-state index is -3.81. The largest absolute Gasteiger partial charge is 0.379 e. The number of hydrogen-bond acceptors (Lipinski definition) is 4. The van der Waals surface area contributed by atoms with Gasteiger partial charge < -0.3 is 14.6 Å². The molecule has 0 bridgehead atoms. The Bertz CT molecular complexity index is 599. The minimum absolute atomic E-state index is 0.0759. The normalized spacial score (nSPS) is 23.5. The summed E-state index contributed by atoms with van der Waals surface area (Å²) in [5, 5.41) is 7.89. The molecule has 7 nitrogen and oxygen atoms in total. The number of nitrogens with two attached hydrogens (primary N) is 1. The Morgan fingerprint density at radius 1 is 1.58 bits per heavy atom. The summed E-state index contributed by atoms with van der Waals surface area (Å²) in [7, 11) is -2.21. The van der Waals surface area contributed by atoms with Crippen molar-refractivity contribution in [2.75, 3.05) is 13.2 Å². The summed E-state index contributed by atoms with van der Waals surface area (Å²) in [6.07, 6.45) is 2.04. The lowest BCUT2D eigenvalue weighted by atomic mass is 10.0. The first kappa shape index (κ1) is 14.0. The second kappa shape index (κ2) is 4.62. The molecule has 0 radical (unpaired) electrons. The van der Waals surface area contributed by atoms with E-state index in [1.807, 2.05) is 6.92 Å². The monoisotopic (exact) mass is 287 g/mol. The molecule has 1 fully saturated rings. The van der Waals surface area contributed by atoms with Crippen LogP contribution < -0.4 is 10.5 Å². The van der Waals surface area contributed by atoms with Gasteiger partial charge in [0.25, 0.3) is 5.91 Å². The number of nitrogens with zero attached hydrogens (tertiary/aromatic N) is 1. The molecular weight excluding hydrogens is 270 g/mol. The topological polar surface area (TPSA) is 103 Å². The smallest absolute Gasteiger partial charge is 0.268 e. The molecule has 1 amide bonds. The SMILES string of the molecule is Cn1cc(S(N)(=O)=O)cc1C(=O)NC1(C)CCOC1. The number of sulfonamides is 1. The number of hydrogen-bond donors (Lipinski definition) is 2. The van der Waals surface area contributed by atoms with E-state index in [1.165, 1.54) is 16.8 Å². The Morgan fingerprint density at radius 3 is 2.74 bits per heavy atom. The second-order valence-corrected chi connectivity index (χ2v) is 6.60. The van der Waals surface area contributed by atoms with Gasteiger partial charge in [0.2, 0.25) is 10.0 Å². The van der Waals surface area contributed by atoms with Crippen LogP contribution in [0.15, 0.2) is 17.2 Å². The summed E-state index contributed by atoms with van der Waals surface area (Å²) in [4.78, 5) is 12.1. The number of nitrogens with one attached hydrogen (secondary N) is 1. The van der Waals surface area contributed by atoms with Crippen LogP contribution >= 0.6 is 0 Å². The molecule has 3 N–H and O–H groups in total. The van der Waals surface area contributed by atoms with E-state index in [9.17, 15) is 13.2 Å². The zero-order valence-corrected chi connectivity index (χ0v) is 11.7. The van der Waals surface area contributed by atoms with Gasteiger partial charge in [-0.05, 0) is 19.4 Å². The van der Waals surface area contributed by atoms with Gasteiger partial charge in [-0.3, -0.25) is 4.79 Å². The molecule has 106 valence electrons. The van der Waals surface area contributed by atoms with Crippen LogP contribution in [0, 0.1) is 0 Å². The van der Waals surface area contributed by atoms with Crippen LogP contribution in [0.1, 0.15) is 23.8 Å². The number of carbonyl (C=O) groups excluding carboxylic acids is 1. The number of primary sulfonamides is 1. The standard InChI is InChI=1S/C11H17N3O4S/c1-11(3-4-18-7-11)13-10(15)9-5-8(6-14(9)2)19(12,16)17/h5-6H,3-4,7H2,1-2H3,(H,13,15)(H2,12,16,17). The molecule has 0 saturated carbocycles. The van der Waals surface area contributed by atoms with Crippen LogP contribution in [0.3, 0.4) is 0 Å². The molecule has 1 atom stereocenters. The fourth-order valence-electron chi connectivity index (χ4n) is 2.02. The van der Waals surface area contributed by atoms with E-state index in [1.54, 1.807) is 7.05 Å². The highest BCUT2D eigenvalue weighted by Crippen LogP contribution is 2.19. The maximum Gasteiger partial charge on any atom is 0.268 e. The lowest BCUT2D eigenvalue weighted by molar-refractivity contribution is 0.0881. The summed E-state index contributed by atoms with van der Waals surface area (Å²) in [6, 6.07) is 1.27. The van der Waals surface area contributed by atoms with Gasteiger partial charge in [0.15, 0.2) is 0 Å². The van der Waals surface area contributed by atoms with Crippen LogP contribution in [-0.2, 0) is 21.8 Å². The van der Waals surface area contributed by atoms with E-state index in [2.05, 4.69) is 5.32 Å². The van der Waals surface area contributed by atoms with Crippen LogP contribution in [0.5, 0.6) is 0 Å². The Hall–Kier alpha value is -1.38. The third kappa shape index (κ3) is 2.96. The average Bonchev–Trinajstić information content (AvgIpc) is 2.84. The maximum absolute atomic E-state index is 12.1. The Morgan fingerprint density at radius 2 is 2.26 bits per heavy atom. The highest BCUT2D eigenvalue weighted by atomic mass is 32.2. The van der Waals surface area contributed by atoms with Gasteiger partial charge in [0.1, 0.15) is 10.6 Å². The maximum atomic E-state index is 12.1. The summed E-state index contributed by atoms with van der Waals surface area (Å²) >= 11 is 0. The molecule has 8 heteroatoms. The minimum Gasteiger partial charge on any atom is -0.379 e. The van der Waals surface area contributed by atoms with E-state index in [-0.39, 0.29) is 16.5 Å². The molecule has 1 aliphatic rings. The summed E-state index contributed by atoms with van der Waals surface area (Å²) < 4.78 is 29.2. The van der Waals surface area contributed by atoms with Crippen molar-refractivity contribution in [3.63, 3.8) is 0 Å². The van der Waals surface area contributed by atoms with Crippen molar-refractivity contribution >= 4 is 15.9 Å². The zero-order valence-electron chi connectivity index (χ0n) is 10.8. The molecule has 1 aromatic rings. The Balaban J connectivity index is 2.22. The van der Waals surface area contributed by atoms with Crippen molar-refractivity contribution in [3.05, 3.63) is 18.0 Å². The fraction of sp³-hybridized carbons (Fsp3) is 0.545. The highest BCUT2D eigenvalue weighted by molar-refractivity contribution is 7.89. The number of aromatic nitrogens is 1. The van der Waals surface area contributed by atoms with Gasteiger partial charge in [-0.1, -0.05) is 0 Å². The molecule has 0 aliphatic carbocycles. The van der Waals surface area contributed by atoms with Crippen LogP contribution in [-0.4, -0.2) is 37.6 Å². The summed E-state index contributed by atoms with van der Waals surface area (Å²) in [5.41, 5.74) is -0.166.